The Bertz CT molecular complexity index is 639. The third-order valence-electron chi connectivity index (χ3n) is 2.75. The highest BCUT2D eigenvalue weighted by atomic mass is 35.5. The van der Waals surface area contributed by atoms with Gasteiger partial charge in [-0.05, 0) is 48.9 Å². The lowest BCUT2D eigenvalue weighted by molar-refractivity contribution is 0.311. The fourth-order valence-electron chi connectivity index (χ4n) is 1.81. The van der Waals surface area contributed by atoms with Crippen molar-refractivity contribution >= 4 is 23.5 Å². The summed E-state index contributed by atoms with van der Waals surface area (Å²) >= 11 is 6.17. The van der Waals surface area contributed by atoms with Gasteiger partial charge in [0.2, 0.25) is 0 Å². The van der Waals surface area contributed by atoms with Crippen LogP contribution < -0.4 is 9.47 Å². The normalized spacial score (nSPS) is 10.8. The summed E-state index contributed by atoms with van der Waals surface area (Å²) in [6, 6.07) is 10.2. The van der Waals surface area contributed by atoms with Gasteiger partial charge in [-0.2, -0.15) is 0 Å². The van der Waals surface area contributed by atoms with Gasteiger partial charge in [0.15, 0.2) is 11.5 Å². The Morgan fingerprint density at radius 1 is 1.24 bits per heavy atom. The number of aliphatic imine (C=N–C) groups is 1. The molecule has 0 fully saturated rings. The maximum absolute atomic E-state index is 9.23. The molecule has 21 heavy (non-hydrogen) atoms. The second-order valence-electron chi connectivity index (χ2n) is 4.24. The zero-order valence-electron chi connectivity index (χ0n) is 11.8. The van der Waals surface area contributed by atoms with E-state index in [4.69, 9.17) is 21.1 Å². The minimum absolute atomic E-state index is 0.208. The zero-order valence-corrected chi connectivity index (χ0v) is 12.6. The Hall–Kier alpha value is -2.20. The van der Waals surface area contributed by atoms with Gasteiger partial charge in [-0.25, -0.2) is 0 Å². The van der Waals surface area contributed by atoms with E-state index in [1.165, 1.54) is 0 Å². The first-order chi connectivity index (χ1) is 10.1. The number of ether oxygens (including phenoxy) is 2. The summed E-state index contributed by atoms with van der Waals surface area (Å²) < 4.78 is 10.7. The molecular formula is C16H16ClNO3. The first-order valence-corrected chi connectivity index (χ1v) is 6.85. The molecule has 0 aromatic heterocycles. The fourth-order valence-corrected chi connectivity index (χ4v) is 2.11. The van der Waals surface area contributed by atoms with Crippen molar-refractivity contribution in [1.82, 2.24) is 0 Å². The van der Waals surface area contributed by atoms with Crippen molar-refractivity contribution in [2.75, 3.05) is 13.7 Å². The van der Waals surface area contributed by atoms with Gasteiger partial charge < -0.3 is 14.6 Å². The van der Waals surface area contributed by atoms with Crippen LogP contribution in [-0.4, -0.2) is 25.0 Å². The first kappa shape index (κ1) is 15.2. The molecule has 0 aliphatic carbocycles. The highest BCUT2D eigenvalue weighted by Gasteiger charge is 2.10. The molecule has 2 aromatic rings. The van der Waals surface area contributed by atoms with E-state index >= 15 is 0 Å². The van der Waals surface area contributed by atoms with E-state index < -0.39 is 0 Å². The van der Waals surface area contributed by atoms with E-state index in [1.807, 2.05) is 13.0 Å². The maximum Gasteiger partial charge on any atom is 0.179 e. The molecule has 110 valence electrons. The van der Waals surface area contributed by atoms with E-state index in [2.05, 4.69) is 4.99 Å². The molecule has 5 heteroatoms. The summed E-state index contributed by atoms with van der Waals surface area (Å²) in [4.78, 5) is 4.32. The van der Waals surface area contributed by atoms with Crippen LogP contribution in [0.5, 0.6) is 17.2 Å². The number of aromatic hydroxyl groups is 1. The topological polar surface area (TPSA) is 51.0 Å². The standard InChI is InChI=1S/C16H16ClNO3/c1-3-21-15-9-11(8-14(17)16(15)20-2)10-18-12-4-6-13(19)7-5-12/h4-10,19H,3H2,1-2H3. The summed E-state index contributed by atoms with van der Waals surface area (Å²) in [6.07, 6.45) is 1.68. The lowest BCUT2D eigenvalue weighted by Crippen LogP contribution is -1.97. The molecule has 2 rings (SSSR count). The number of phenols is 1. The Morgan fingerprint density at radius 3 is 2.57 bits per heavy atom. The molecule has 0 radical (unpaired) electrons. The maximum atomic E-state index is 9.23. The van der Waals surface area contributed by atoms with Gasteiger partial charge in [0.25, 0.3) is 0 Å². The van der Waals surface area contributed by atoms with Crippen LogP contribution in [-0.2, 0) is 0 Å². The fraction of sp³-hybridized carbons (Fsp3) is 0.188. The molecule has 0 saturated carbocycles. The second-order valence-corrected chi connectivity index (χ2v) is 4.65. The van der Waals surface area contributed by atoms with Crippen LogP contribution in [0, 0.1) is 0 Å². The average molecular weight is 306 g/mol. The van der Waals surface area contributed by atoms with Crippen LogP contribution in [0.4, 0.5) is 5.69 Å². The van der Waals surface area contributed by atoms with Crippen molar-refractivity contribution in [1.29, 1.82) is 0 Å². The van der Waals surface area contributed by atoms with Gasteiger partial charge in [0.05, 0.1) is 24.4 Å². The van der Waals surface area contributed by atoms with Gasteiger partial charge in [-0.1, -0.05) is 11.6 Å². The van der Waals surface area contributed by atoms with Gasteiger partial charge in [0, 0.05) is 6.21 Å². The molecule has 2 aromatic carbocycles. The van der Waals surface area contributed by atoms with Gasteiger partial charge in [-0.15, -0.1) is 0 Å². The number of phenolic OH excluding ortho intramolecular Hbond substituents is 1. The zero-order chi connectivity index (χ0) is 15.2. The SMILES string of the molecule is CCOc1cc(C=Nc2ccc(O)cc2)cc(Cl)c1OC. The number of hydrogen-bond acceptors (Lipinski definition) is 4. The Balaban J connectivity index is 2.29. The third kappa shape index (κ3) is 3.89. The predicted molar refractivity (Wildman–Crippen MR) is 84.5 cm³/mol. The van der Waals surface area contributed by atoms with Crippen LogP contribution in [0.2, 0.25) is 5.02 Å². The molecule has 0 aliphatic heterocycles. The van der Waals surface area contributed by atoms with E-state index in [9.17, 15) is 5.11 Å². The number of halogens is 1. The van der Waals surface area contributed by atoms with Crippen LogP contribution in [0.15, 0.2) is 41.4 Å². The monoisotopic (exact) mass is 305 g/mol. The molecule has 0 bridgehead atoms. The summed E-state index contributed by atoms with van der Waals surface area (Å²) in [7, 11) is 1.55. The van der Waals surface area contributed by atoms with Gasteiger partial charge in [-0.3, -0.25) is 4.99 Å². The van der Waals surface area contributed by atoms with Gasteiger partial charge in [0.1, 0.15) is 5.75 Å². The Labute approximate surface area is 128 Å². The van der Waals surface area contributed by atoms with Crippen LogP contribution in [0.25, 0.3) is 0 Å². The van der Waals surface area contributed by atoms with Crippen molar-refractivity contribution in [3.8, 4) is 17.2 Å². The molecule has 0 heterocycles. The van der Waals surface area contributed by atoms with E-state index in [-0.39, 0.29) is 5.75 Å². The Kier molecular flexibility index (Phi) is 5.06. The Morgan fingerprint density at radius 2 is 1.95 bits per heavy atom. The molecule has 0 amide bonds. The number of methoxy groups -OCH3 is 1. The van der Waals surface area contributed by atoms with Crippen molar-refractivity contribution in [2.24, 2.45) is 4.99 Å². The smallest absolute Gasteiger partial charge is 0.179 e. The van der Waals surface area contributed by atoms with Gasteiger partial charge >= 0.3 is 0 Å². The largest absolute Gasteiger partial charge is 0.508 e. The molecule has 0 unspecified atom stereocenters. The number of hydrogen-bond donors (Lipinski definition) is 1. The van der Waals surface area contributed by atoms with E-state index in [1.54, 1.807) is 43.7 Å². The quantitative estimate of drug-likeness (QED) is 0.842. The van der Waals surface area contributed by atoms with E-state index in [0.29, 0.717) is 23.1 Å². The lowest BCUT2D eigenvalue weighted by Gasteiger charge is -2.11. The molecular weight excluding hydrogens is 290 g/mol. The van der Waals surface area contributed by atoms with Crippen molar-refractivity contribution in [2.45, 2.75) is 6.92 Å². The van der Waals surface area contributed by atoms with E-state index in [0.717, 1.165) is 11.3 Å². The highest BCUT2D eigenvalue weighted by molar-refractivity contribution is 6.32. The number of benzene rings is 2. The molecule has 0 aliphatic rings. The lowest BCUT2D eigenvalue weighted by atomic mass is 10.2. The summed E-state index contributed by atoms with van der Waals surface area (Å²) in [6.45, 7) is 2.41. The number of rotatable bonds is 5. The van der Waals surface area contributed by atoms with Crippen LogP contribution in [0.1, 0.15) is 12.5 Å². The minimum atomic E-state index is 0.208. The summed E-state index contributed by atoms with van der Waals surface area (Å²) in [5.74, 6) is 1.31. The highest BCUT2D eigenvalue weighted by Crippen LogP contribution is 2.36. The minimum Gasteiger partial charge on any atom is -0.508 e. The van der Waals surface area contributed by atoms with Crippen molar-refractivity contribution < 1.29 is 14.6 Å². The van der Waals surface area contributed by atoms with Crippen LogP contribution >= 0.6 is 11.6 Å². The summed E-state index contributed by atoms with van der Waals surface area (Å²) in [5, 5.41) is 9.70. The molecule has 1 N–H and O–H groups in total. The van der Waals surface area contributed by atoms with Crippen molar-refractivity contribution in [3.63, 3.8) is 0 Å². The predicted octanol–water partition coefficient (Wildman–Crippen LogP) is 4.20. The number of nitrogens with zero attached hydrogens (tertiary/aromatic N) is 1. The molecule has 0 atom stereocenters. The average Bonchev–Trinajstić information content (AvgIpc) is 2.47. The summed E-state index contributed by atoms with van der Waals surface area (Å²) in [5.41, 5.74) is 1.54. The first-order valence-electron chi connectivity index (χ1n) is 6.47. The third-order valence-corrected chi connectivity index (χ3v) is 3.03. The molecule has 4 nitrogen and oxygen atoms in total. The molecule has 0 spiro atoms. The van der Waals surface area contributed by atoms with Crippen LogP contribution in [0.3, 0.4) is 0 Å². The second kappa shape index (κ2) is 6.99. The van der Waals surface area contributed by atoms with Crippen molar-refractivity contribution in [3.05, 3.63) is 47.0 Å². The molecule has 0 saturated heterocycles.